The summed E-state index contributed by atoms with van der Waals surface area (Å²) in [6, 6.07) is 16.9. The normalized spacial score (nSPS) is 26.2. The smallest absolute Gasteiger partial charge is 0.233 e. The van der Waals surface area contributed by atoms with Gasteiger partial charge in [-0.05, 0) is 55.5 Å². The number of carbonyl (C=O) groups excluding carboxylic acids is 2. The second-order valence-electron chi connectivity index (χ2n) is 9.75. The van der Waals surface area contributed by atoms with Crippen molar-refractivity contribution in [1.82, 2.24) is 4.90 Å². The van der Waals surface area contributed by atoms with Gasteiger partial charge in [0, 0.05) is 18.5 Å². The molecule has 2 saturated heterocycles. The molecule has 2 heterocycles. The lowest BCUT2D eigenvalue weighted by Crippen LogP contribution is -2.35. The van der Waals surface area contributed by atoms with Crippen LogP contribution in [0.25, 0.3) is 6.08 Å². The van der Waals surface area contributed by atoms with Crippen molar-refractivity contribution in [3.63, 3.8) is 0 Å². The highest BCUT2D eigenvalue weighted by Gasteiger charge is 2.56. The molecule has 4 atom stereocenters. The summed E-state index contributed by atoms with van der Waals surface area (Å²) in [6.07, 6.45) is 3.98. The summed E-state index contributed by atoms with van der Waals surface area (Å²) in [5.74, 6) is 0.0937. The molecule has 0 bridgehead atoms. The number of aromatic hydroxyl groups is 1. The predicted molar refractivity (Wildman–Crippen MR) is 133 cm³/mol. The molecule has 1 aliphatic carbocycles. The third-order valence-corrected chi connectivity index (χ3v) is 7.52. The molecule has 2 amide bonds. The van der Waals surface area contributed by atoms with Crippen LogP contribution in [0.3, 0.4) is 0 Å². The first kappa shape index (κ1) is 23.4. The van der Waals surface area contributed by atoms with Crippen LogP contribution < -0.4 is 4.74 Å². The van der Waals surface area contributed by atoms with E-state index in [0.29, 0.717) is 19.6 Å². The van der Waals surface area contributed by atoms with E-state index in [1.807, 2.05) is 54.6 Å². The van der Waals surface area contributed by atoms with Crippen molar-refractivity contribution in [2.45, 2.75) is 32.3 Å². The molecule has 2 aromatic carbocycles. The number of carbonyl (C=O) groups is 2. The van der Waals surface area contributed by atoms with Crippen molar-refractivity contribution in [1.29, 1.82) is 0 Å². The largest absolute Gasteiger partial charge is 0.507 e. The zero-order valence-corrected chi connectivity index (χ0v) is 20.1. The van der Waals surface area contributed by atoms with E-state index in [0.717, 1.165) is 40.9 Å². The van der Waals surface area contributed by atoms with E-state index in [9.17, 15) is 14.7 Å². The topological polar surface area (TPSA) is 76.1 Å². The standard InChI is InChI=1S/C29H31NO5/c1-18(14-19-8-6-7-11-24(19)31)12-13-25-26-20(16-34-21-9-4-3-5-10-21)15-22-27(23(26)17-35-25)29(33)30(2)28(22)32/h3-11,14,22-23,25,27,31H,12-13,15-17H2,1-2H3/b18-14+/t22-,23+,25-,27-/m1/s1. The van der Waals surface area contributed by atoms with Crippen LogP contribution in [-0.4, -0.2) is 48.2 Å². The van der Waals surface area contributed by atoms with Crippen molar-refractivity contribution >= 4 is 17.9 Å². The van der Waals surface area contributed by atoms with E-state index in [4.69, 9.17) is 9.47 Å². The van der Waals surface area contributed by atoms with E-state index in [2.05, 4.69) is 6.92 Å². The fraction of sp³-hybridized carbons (Fsp3) is 0.379. The number of imide groups is 1. The Balaban J connectivity index is 1.38. The summed E-state index contributed by atoms with van der Waals surface area (Å²) in [7, 11) is 1.59. The molecule has 3 aliphatic rings. The second kappa shape index (κ2) is 9.70. The van der Waals surface area contributed by atoms with Gasteiger partial charge in [0.15, 0.2) is 0 Å². The minimum Gasteiger partial charge on any atom is -0.507 e. The Hall–Kier alpha value is -3.38. The summed E-state index contributed by atoms with van der Waals surface area (Å²) in [5.41, 5.74) is 4.17. The van der Waals surface area contributed by atoms with Crippen molar-refractivity contribution in [2.75, 3.05) is 20.3 Å². The van der Waals surface area contributed by atoms with E-state index in [-0.39, 0.29) is 41.4 Å². The Bertz CT molecular complexity index is 1180. The van der Waals surface area contributed by atoms with Crippen LogP contribution in [-0.2, 0) is 14.3 Å². The second-order valence-corrected chi connectivity index (χ2v) is 9.75. The molecule has 0 aromatic heterocycles. The maximum atomic E-state index is 12.9. The molecular formula is C29H31NO5. The quantitative estimate of drug-likeness (QED) is 0.470. The maximum absolute atomic E-state index is 12.9. The van der Waals surface area contributed by atoms with Crippen LogP contribution in [0.15, 0.2) is 71.3 Å². The molecule has 1 N–H and O–H groups in total. The Labute approximate surface area is 205 Å². The maximum Gasteiger partial charge on any atom is 0.233 e. The molecule has 0 saturated carbocycles. The molecule has 35 heavy (non-hydrogen) atoms. The highest BCUT2D eigenvalue weighted by Crippen LogP contribution is 2.49. The van der Waals surface area contributed by atoms with Crippen LogP contribution in [0.1, 0.15) is 31.7 Å². The minimum absolute atomic E-state index is 0.0861. The number of phenolic OH excluding ortho intramolecular Hbond substituents is 1. The van der Waals surface area contributed by atoms with Crippen LogP contribution in [0, 0.1) is 17.8 Å². The van der Waals surface area contributed by atoms with E-state index < -0.39 is 0 Å². The van der Waals surface area contributed by atoms with Gasteiger partial charge in [0.1, 0.15) is 18.1 Å². The van der Waals surface area contributed by atoms with E-state index >= 15 is 0 Å². The number of hydrogen-bond donors (Lipinski definition) is 1. The molecule has 5 rings (SSSR count). The first-order chi connectivity index (χ1) is 16.9. The third-order valence-electron chi connectivity index (χ3n) is 7.52. The fourth-order valence-electron chi connectivity index (χ4n) is 5.76. The van der Waals surface area contributed by atoms with E-state index in [1.165, 1.54) is 4.90 Å². The SMILES string of the molecule is C/C(=C\c1ccccc1O)CC[C@H]1OC[C@H]2C1=C(COc1ccccc1)C[C@H]1C(=O)N(C)C(=O)[C@H]12. The first-order valence-electron chi connectivity index (χ1n) is 12.2. The number of benzene rings is 2. The molecule has 2 aliphatic heterocycles. The molecule has 2 aromatic rings. The third kappa shape index (κ3) is 4.50. The summed E-state index contributed by atoms with van der Waals surface area (Å²) in [5, 5.41) is 10.1. The molecule has 6 nitrogen and oxygen atoms in total. The van der Waals surface area contributed by atoms with Crippen molar-refractivity contribution in [3.8, 4) is 11.5 Å². The number of allylic oxidation sites excluding steroid dienone is 1. The average molecular weight is 474 g/mol. The summed E-state index contributed by atoms with van der Waals surface area (Å²) >= 11 is 0. The zero-order valence-electron chi connectivity index (χ0n) is 20.1. The van der Waals surface area contributed by atoms with Gasteiger partial charge in [-0.25, -0.2) is 0 Å². The van der Waals surface area contributed by atoms with Gasteiger partial charge in [0.2, 0.25) is 11.8 Å². The molecule has 0 radical (unpaired) electrons. The lowest BCUT2D eigenvalue weighted by molar-refractivity contribution is -0.138. The number of rotatable bonds is 7. The predicted octanol–water partition coefficient (Wildman–Crippen LogP) is 4.60. The summed E-state index contributed by atoms with van der Waals surface area (Å²) < 4.78 is 12.4. The Morgan fingerprint density at radius 2 is 1.83 bits per heavy atom. The van der Waals surface area contributed by atoms with Gasteiger partial charge in [0.25, 0.3) is 0 Å². The number of nitrogens with zero attached hydrogens (tertiary/aromatic N) is 1. The molecule has 2 fully saturated rings. The lowest BCUT2D eigenvalue weighted by Gasteiger charge is -2.31. The van der Waals surface area contributed by atoms with Gasteiger partial charge >= 0.3 is 0 Å². The van der Waals surface area contributed by atoms with Crippen LogP contribution >= 0.6 is 0 Å². The monoisotopic (exact) mass is 473 g/mol. The van der Waals surface area contributed by atoms with Gasteiger partial charge in [0.05, 0.1) is 24.5 Å². The Morgan fingerprint density at radius 1 is 1.09 bits per heavy atom. The number of para-hydroxylation sites is 2. The summed E-state index contributed by atoms with van der Waals surface area (Å²) in [6.45, 7) is 2.89. The fourth-order valence-corrected chi connectivity index (χ4v) is 5.76. The molecule has 0 unspecified atom stereocenters. The number of ether oxygens (including phenoxy) is 2. The van der Waals surface area contributed by atoms with Crippen LogP contribution in [0.4, 0.5) is 0 Å². The van der Waals surface area contributed by atoms with Gasteiger partial charge in [-0.3, -0.25) is 14.5 Å². The molecule has 0 spiro atoms. The Morgan fingerprint density at radius 3 is 2.60 bits per heavy atom. The van der Waals surface area contributed by atoms with Crippen LogP contribution in [0.5, 0.6) is 11.5 Å². The zero-order chi connectivity index (χ0) is 24.5. The lowest BCUT2D eigenvalue weighted by atomic mass is 9.69. The number of fused-ring (bicyclic) bond motifs is 3. The van der Waals surface area contributed by atoms with Crippen molar-refractivity contribution in [3.05, 3.63) is 76.9 Å². The Kier molecular flexibility index (Phi) is 6.48. The van der Waals surface area contributed by atoms with Gasteiger partial charge in [-0.2, -0.15) is 0 Å². The minimum atomic E-state index is -0.342. The van der Waals surface area contributed by atoms with E-state index in [1.54, 1.807) is 13.1 Å². The number of hydrogen-bond acceptors (Lipinski definition) is 5. The van der Waals surface area contributed by atoms with Gasteiger partial charge in [-0.15, -0.1) is 0 Å². The van der Waals surface area contributed by atoms with Gasteiger partial charge in [-0.1, -0.05) is 48.0 Å². The first-order valence-corrected chi connectivity index (χ1v) is 12.2. The highest BCUT2D eigenvalue weighted by molar-refractivity contribution is 6.05. The van der Waals surface area contributed by atoms with Crippen LogP contribution in [0.2, 0.25) is 0 Å². The summed E-state index contributed by atoms with van der Waals surface area (Å²) in [4.78, 5) is 27.1. The molecule has 182 valence electrons. The molecular weight excluding hydrogens is 442 g/mol. The number of likely N-dealkylation sites (tertiary alicyclic amines) is 1. The van der Waals surface area contributed by atoms with Gasteiger partial charge < -0.3 is 14.6 Å². The number of phenols is 1. The highest BCUT2D eigenvalue weighted by atomic mass is 16.5. The van der Waals surface area contributed by atoms with Crippen molar-refractivity contribution < 1.29 is 24.2 Å². The average Bonchev–Trinajstić information content (AvgIpc) is 3.38. The molecule has 6 heteroatoms. The van der Waals surface area contributed by atoms with Crippen molar-refractivity contribution in [2.24, 2.45) is 17.8 Å². The number of amides is 2.